The summed E-state index contributed by atoms with van der Waals surface area (Å²) in [5, 5.41) is 9.77. The molecule has 1 N–H and O–H groups in total. The van der Waals surface area contributed by atoms with Crippen molar-refractivity contribution in [2.24, 2.45) is 5.41 Å². The highest BCUT2D eigenvalue weighted by molar-refractivity contribution is 7.86. The van der Waals surface area contributed by atoms with Gasteiger partial charge in [-0.25, -0.2) is 0 Å². The largest absolute Gasteiger partial charge is 0.396 e. The van der Waals surface area contributed by atoms with E-state index in [4.69, 9.17) is 0 Å². The summed E-state index contributed by atoms with van der Waals surface area (Å²) in [6.07, 6.45) is 4.49. The van der Waals surface area contributed by atoms with Crippen molar-refractivity contribution in [3.05, 3.63) is 11.6 Å². The summed E-state index contributed by atoms with van der Waals surface area (Å²) in [7, 11) is -1.80. The second-order valence-corrected chi connectivity index (χ2v) is 8.04. The lowest BCUT2D eigenvalue weighted by atomic mass is 9.78. The Morgan fingerprint density at radius 3 is 2.60 bits per heavy atom. The van der Waals surface area contributed by atoms with Gasteiger partial charge in [0.05, 0.1) is 6.61 Å². The van der Waals surface area contributed by atoms with Crippen LogP contribution in [0.5, 0.6) is 0 Å². The van der Waals surface area contributed by atoms with Crippen molar-refractivity contribution in [1.82, 2.24) is 8.61 Å². The Balaban J connectivity index is 2.91. The van der Waals surface area contributed by atoms with Gasteiger partial charge in [0.2, 0.25) is 0 Å². The normalized spacial score (nSPS) is 24.9. The van der Waals surface area contributed by atoms with Gasteiger partial charge in [-0.1, -0.05) is 18.6 Å². The first-order valence-electron chi connectivity index (χ1n) is 7.23. The predicted octanol–water partition coefficient (Wildman–Crippen LogP) is 1.61. The zero-order valence-electron chi connectivity index (χ0n) is 13.1. The van der Waals surface area contributed by atoms with Gasteiger partial charge in [-0.05, 0) is 33.1 Å². The van der Waals surface area contributed by atoms with Gasteiger partial charge >= 0.3 is 0 Å². The SMILES string of the molecule is CCN(C)S(=O)(=O)N1CCC[C@](CO)(CC=C(C)C)C1. The molecule has 0 unspecified atom stereocenters. The standard InChI is InChI=1S/C14H28N2O3S/c1-5-15(4)20(18,19)16-10-6-8-14(11-16,12-17)9-7-13(2)3/h7,17H,5-6,8-12H2,1-4H3/t14-/m0/s1. The first-order chi connectivity index (χ1) is 9.27. The van der Waals surface area contributed by atoms with Gasteiger partial charge in [0.25, 0.3) is 10.2 Å². The van der Waals surface area contributed by atoms with Crippen LogP contribution in [0, 0.1) is 5.41 Å². The van der Waals surface area contributed by atoms with Crippen LogP contribution in [0.15, 0.2) is 11.6 Å². The van der Waals surface area contributed by atoms with Crippen molar-refractivity contribution in [2.45, 2.75) is 40.0 Å². The summed E-state index contributed by atoms with van der Waals surface area (Å²) in [6.45, 7) is 7.30. The second-order valence-electron chi connectivity index (χ2n) is 6.00. The van der Waals surface area contributed by atoms with Crippen LogP contribution in [0.2, 0.25) is 0 Å². The van der Waals surface area contributed by atoms with Crippen molar-refractivity contribution in [3.63, 3.8) is 0 Å². The minimum absolute atomic E-state index is 0.0264. The van der Waals surface area contributed by atoms with E-state index in [1.54, 1.807) is 7.05 Å². The number of aliphatic hydroxyl groups excluding tert-OH is 1. The Hall–Kier alpha value is -0.430. The molecule has 0 spiro atoms. The number of nitrogens with zero attached hydrogens (tertiary/aromatic N) is 2. The number of rotatable bonds is 6. The Morgan fingerprint density at radius 1 is 1.45 bits per heavy atom. The van der Waals surface area contributed by atoms with Gasteiger partial charge in [0.1, 0.15) is 0 Å². The number of hydrogen-bond donors (Lipinski definition) is 1. The molecule has 118 valence electrons. The number of allylic oxidation sites excluding steroid dienone is 2. The monoisotopic (exact) mass is 304 g/mol. The Kier molecular flexibility index (Phi) is 6.19. The van der Waals surface area contributed by atoms with E-state index in [0.717, 1.165) is 19.3 Å². The quantitative estimate of drug-likeness (QED) is 0.759. The molecule has 1 saturated heterocycles. The van der Waals surface area contributed by atoms with Gasteiger partial charge in [-0.3, -0.25) is 0 Å². The molecule has 6 heteroatoms. The van der Waals surface area contributed by atoms with E-state index < -0.39 is 10.2 Å². The zero-order chi connectivity index (χ0) is 15.4. The van der Waals surface area contributed by atoms with Crippen molar-refractivity contribution in [1.29, 1.82) is 0 Å². The maximum atomic E-state index is 12.4. The van der Waals surface area contributed by atoms with E-state index in [-0.39, 0.29) is 12.0 Å². The molecule has 1 atom stereocenters. The lowest BCUT2D eigenvalue weighted by Crippen LogP contribution is -2.51. The van der Waals surface area contributed by atoms with Crippen molar-refractivity contribution in [3.8, 4) is 0 Å². The van der Waals surface area contributed by atoms with Crippen molar-refractivity contribution < 1.29 is 13.5 Å². The minimum Gasteiger partial charge on any atom is -0.396 e. The van der Waals surface area contributed by atoms with Gasteiger partial charge in [-0.15, -0.1) is 0 Å². The topological polar surface area (TPSA) is 60.9 Å². The van der Waals surface area contributed by atoms with Crippen LogP contribution in [0.25, 0.3) is 0 Å². The van der Waals surface area contributed by atoms with Gasteiger partial charge in [0, 0.05) is 32.1 Å². The average Bonchev–Trinajstić information content (AvgIpc) is 2.44. The van der Waals surface area contributed by atoms with Crippen LogP contribution < -0.4 is 0 Å². The first kappa shape index (κ1) is 17.6. The summed E-state index contributed by atoms with van der Waals surface area (Å²) in [6, 6.07) is 0. The number of piperidine rings is 1. The van der Waals surface area contributed by atoms with Crippen molar-refractivity contribution in [2.75, 3.05) is 33.3 Å². The molecule has 1 fully saturated rings. The number of hydrogen-bond acceptors (Lipinski definition) is 3. The fourth-order valence-electron chi connectivity index (χ4n) is 2.50. The van der Waals surface area contributed by atoms with Gasteiger partial charge in [0.15, 0.2) is 0 Å². The summed E-state index contributed by atoms with van der Waals surface area (Å²) < 4.78 is 27.7. The molecular formula is C14H28N2O3S. The van der Waals surface area contributed by atoms with E-state index in [1.165, 1.54) is 14.2 Å². The van der Waals surface area contributed by atoms with Crippen LogP contribution in [0.3, 0.4) is 0 Å². The van der Waals surface area contributed by atoms with E-state index in [0.29, 0.717) is 19.6 Å². The maximum Gasteiger partial charge on any atom is 0.281 e. The van der Waals surface area contributed by atoms with Crippen LogP contribution in [-0.2, 0) is 10.2 Å². The molecule has 0 aromatic rings. The highest BCUT2D eigenvalue weighted by Crippen LogP contribution is 2.35. The molecule has 1 heterocycles. The summed E-state index contributed by atoms with van der Waals surface area (Å²) >= 11 is 0. The molecule has 0 aromatic heterocycles. The van der Waals surface area contributed by atoms with Crippen molar-refractivity contribution >= 4 is 10.2 Å². The molecule has 1 aliphatic rings. The molecule has 1 aliphatic heterocycles. The molecule has 1 rings (SSSR count). The lowest BCUT2D eigenvalue weighted by molar-refractivity contribution is 0.0647. The first-order valence-corrected chi connectivity index (χ1v) is 8.63. The molecule has 5 nitrogen and oxygen atoms in total. The summed E-state index contributed by atoms with van der Waals surface area (Å²) in [4.78, 5) is 0. The highest BCUT2D eigenvalue weighted by atomic mass is 32.2. The molecule has 0 radical (unpaired) electrons. The summed E-state index contributed by atoms with van der Waals surface area (Å²) in [5.41, 5.74) is 0.862. The van der Waals surface area contributed by atoms with E-state index in [2.05, 4.69) is 6.08 Å². The van der Waals surface area contributed by atoms with E-state index in [1.807, 2.05) is 20.8 Å². The van der Waals surface area contributed by atoms with Gasteiger partial charge < -0.3 is 5.11 Å². The van der Waals surface area contributed by atoms with Crippen LogP contribution in [0.4, 0.5) is 0 Å². The molecule has 0 amide bonds. The molecule has 0 saturated carbocycles. The predicted molar refractivity (Wildman–Crippen MR) is 81.6 cm³/mol. The van der Waals surface area contributed by atoms with Crippen LogP contribution in [-0.4, -0.2) is 55.4 Å². The Morgan fingerprint density at radius 2 is 2.10 bits per heavy atom. The average molecular weight is 304 g/mol. The fourth-order valence-corrected chi connectivity index (χ4v) is 4.02. The number of aliphatic hydroxyl groups is 1. The fraction of sp³-hybridized carbons (Fsp3) is 0.857. The Bertz CT molecular complexity index is 443. The molecule has 0 bridgehead atoms. The smallest absolute Gasteiger partial charge is 0.281 e. The zero-order valence-corrected chi connectivity index (χ0v) is 13.9. The molecule has 20 heavy (non-hydrogen) atoms. The second kappa shape index (κ2) is 7.02. The molecule has 0 aromatic carbocycles. The van der Waals surface area contributed by atoms with Crippen LogP contribution in [0.1, 0.15) is 40.0 Å². The molecule has 0 aliphatic carbocycles. The maximum absolute atomic E-state index is 12.4. The van der Waals surface area contributed by atoms with Crippen LogP contribution >= 0.6 is 0 Å². The van der Waals surface area contributed by atoms with E-state index >= 15 is 0 Å². The van der Waals surface area contributed by atoms with E-state index in [9.17, 15) is 13.5 Å². The molecular weight excluding hydrogens is 276 g/mol. The Labute approximate surface area is 123 Å². The summed E-state index contributed by atoms with van der Waals surface area (Å²) in [5.74, 6) is 0. The third-order valence-electron chi connectivity index (χ3n) is 4.07. The van der Waals surface area contributed by atoms with Gasteiger partial charge in [-0.2, -0.15) is 17.0 Å². The third kappa shape index (κ3) is 4.04. The lowest BCUT2D eigenvalue weighted by Gasteiger charge is -2.41. The third-order valence-corrected chi connectivity index (χ3v) is 6.08. The minimum atomic E-state index is -3.40. The highest BCUT2D eigenvalue weighted by Gasteiger charge is 2.39.